The first-order valence-electron chi connectivity index (χ1n) is 7.05. The quantitative estimate of drug-likeness (QED) is 0.820. The Kier molecular flexibility index (Phi) is 5.68. The molecule has 0 unspecified atom stereocenters. The van der Waals surface area contributed by atoms with Gasteiger partial charge in [-0.15, -0.1) is 0 Å². The fourth-order valence-corrected chi connectivity index (χ4v) is 2.58. The second-order valence-corrected chi connectivity index (χ2v) is 5.61. The van der Waals surface area contributed by atoms with Crippen LogP contribution in [0.1, 0.15) is 19.3 Å². The number of hydrogen-bond acceptors (Lipinski definition) is 3. The minimum Gasteiger partial charge on any atom is -0.494 e. The van der Waals surface area contributed by atoms with Gasteiger partial charge in [0.05, 0.1) is 6.61 Å². The average molecular weight is 297 g/mol. The Balaban J connectivity index is 1.60. The van der Waals surface area contributed by atoms with Crippen LogP contribution in [0.15, 0.2) is 24.3 Å². The Morgan fingerprint density at radius 3 is 2.55 bits per heavy atom. The van der Waals surface area contributed by atoms with E-state index in [1.807, 2.05) is 24.3 Å². The first-order chi connectivity index (χ1) is 9.65. The van der Waals surface area contributed by atoms with E-state index >= 15 is 0 Å². The molecule has 20 heavy (non-hydrogen) atoms. The van der Waals surface area contributed by atoms with Crippen LogP contribution in [0.25, 0.3) is 0 Å². The molecular weight excluding hydrogens is 276 g/mol. The molecule has 0 aromatic heterocycles. The molecule has 1 aromatic rings. The van der Waals surface area contributed by atoms with Gasteiger partial charge in [-0.3, -0.25) is 4.79 Å². The van der Waals surface area contributed by atoms with Gasteiger partial charge in [0, 0.05) is 17.5 Å². The predicted octanol–water partition coefficient (Wildman–Crippen LogP) is 2.31. The standard InChI is InChI=1S/C15H21ClN2O2/c16-13-2-4-14(5-3-13)20-11-1-8-18-9-6-12(7-10-18)15(17)19/h2-5,12H,1,6-11H2,(H2,17,19). The van der Waals surface area contributed by atoms with E-state index in [1.165, 1.54) is 0 Å². The van der Waals surface area contributed by atoms with Crippen molar-refractivity contribution in [3.8, 4) is 5.75 Å². The van der Waals surface area contributed by atoms with E-state index in [2.05, 4.69) is 4.90 Å². The molecule has 1 amide bonds. The summed E-state index contributed by atoms with van der Waals surface area (Å²) in [5.41, 5.74) is 5.32. The van der Waals surface area contributed by atoms with Gasteiger partial charge < -0.3 is 15.4 Å². The monoisotopic (exact) mass is 296 g/mol. The lowest BCUT2D eigenvalue weighted by Gasteiger charge is -2.30. The number of likely N-dealkylation sites (tertiary alicyclic amines) is 1. The molecule has 1 saturated heterocycles. The fourth-order valence-electron chi connectivity index (χ4n) is 2.45. The third-order valence-corrected chi connectivity index (χ3v) is 3.94. The van der Waals surface area contributed by atoms with Gasteiger partial charge in [-0.2, -0.15) is 0 Å². The van der Waals surface area contributed by atoms with Gasteiger partial charge in [-0.05, 0) is 56.6 Å². The molecule has 2 N–H and O–H groups in total. The smallest absolute Gasteiger partial charge is 0.220 e. The summed E-state index contributed by atoms with van der Waals surface area (Å²) in [5.74, 6) is 0.758. The summed E-state index contributed by atoms with van der Waals surface area (Å²) in [5, 5.41) is 0.717. The summed E-state index contributed by atoms with van der Waals surface area (Å²) in [4.78, 5) is 13.4. The van der Waals surface area contributed by atoms with Crippen LogP contribution in [0.2, 0.25) is 5.02 Å². The summed E-state index contributed by atoms with van der Waals surface area (Å²) in [7, 11) is 0. The van der Waals surface area contributed by atoms with Gasteiger partial charge in [-0.25, -0.2) is 0 Å². The highest BCUT2D eigenvalue weighted by Gasteiger charge is 2.22. The van der Waals surface area contributed by atoms with Crippen molar-refractivity contribution >= 4 is 17.5 Å². The summed E-state index contributed by atoms with van der Waals surface area (Å²) < 4.78 is 5.65. The zero-order chi connectivity index (χ0) is 14.4. The van der Waals surface area contributed by atoms with E-state index in [-0.39, 0.29) is 11.8 Å². The fraction of sp³-hybridized carbons (Fsp3) is 0.533. The summed E-state index contributed by atoms with van der Waals surface area (Å²) >= 11 is 5.81. The van der Waals surface area contributed by atoms with Gasteiger partial charge in [0.1, 0.15) is 5.75 Å². The zero-order valence-electron chi connectivity index (χ0n) is 11.6. The van der Waals surface area contributed by atoms with Gasteiger partial charge in [0.15, 0.2) is 0 Å². The molecule has 0 spiro atoms. The van der Waals surface area contributed by atoms with Crippen molar-refractivity contribution < 1.29 is 9.53 Å². The van der Waals surface area contributed by atoms with Gasteiger partial charge >= 0.3 is 0 Å². The van der Waals surface area contributed by atoms with Crippen molar-refractivity contribution in [3.63, 3.8) is 0 Å². The highest BCUT2D eigenvalue weighted by atomic mass is 35.5. The molecule has 1 aliphatic heterocycles. The minimum atomic E-state index is -0.157. The number of rotatable bonds is 6. The Bertz CT molecular complexity index is 428. The van der Waals surface area contributed by atoms with Crippen LogP contribution in [0.5, 0.6) is 5.75 Å². The second-order valence-electron chi connectivity index (χ2n) is 5.17. The third kappa shape index (κ3) is 4.69. The van der Waals surface area contributed by atoms with Gasteiger partial charge in [-0.1, -0.05) is 11.6 Å². The lowest BCUT2D eigenvalue weighted by atomic mass is 9.96. The molecule has 4 nitrogen and oxygen atoms in total. The Labute approximate surface area is 124 Å². The molecule has 1 fully saturated rings. The first kappa shape index (κ1) is 15.1. The van der Waals surface area contributed by atoms with Crippen molar-refractivity contribution in [2.75, 3.05) is 26.2 Å². The minimum absolute atomic E-state index is 0.0663. The molecule has 110 valence electrons. The highest BCUT2D eigenvalue weighted by molar-refractivity contribution is 6.30. The number of nitrogens with zero attached hydrogens (tertiary/aromatic N) is 1. The number of piperidine rings is 1. The number of benzene rings is 1. The SMILES string of the molecule is NC(=O)C1CCN(CCCOc2ccc(Cl)cc2)CC1. The summed E-state index contributed by atoms with van der Waals surface area (Å²) in [6.07, 6.45) is 2.74. The lowest BCUT2D eigenvalue weighted by molar-refractivity contribution is -0.123. The van der Waals surface area contributed by atoms with Gasteiger partial charge in [0.25, 0.3) is 0 Å². The third-order valence-electron chi connectivity index (χ3n) is 3.69. The van der Waals surface area contributed by atoms with Crippen LogP contribution in [-0.2, 0) is 4.79 Å². The van der Waals surface area contributed by atoms with E-state index in [1.54, 1.807) is 0 Å². The van der Waals surface area contributed by atoms with E-state index in [0.717, 1.165) is 49.7 Å². The van der Waals surface area contributed by atoms with E-state index in [9.17, 15) is 4.79 Å². The Hall–Kier alpha value is -1.26. The molecule has 0 radical (unpaired) electrons. The topological polar surface area (TPSA) is 55.6 Å². The Morgan fingerprint density at radius 1 is 1.30 bits per heavy atom. The lowest BCUT2D eigenvalue weighted by Crippen LogP contribution is -2.39. The van der Waals surface area contributed by atoms with Crippen LogP contribution >= 0.6 is 11.6 Å². The molecular formula is C15H21ClN2O2. The molecule has 0 aliphatic carbocycles. The number of carbonyl (C=O) groups excluding carboxylic acids is 1. The largest absolute Gasteiger partial charge is 0.494 e. The molecule has 1 aliphatic rings. The highest BCUT2D eigenvalue weighted by Crippen LogP contribution is 2.17. The maximum absolute atomic E-state index is 11.1. The van der Waals surface area contributed by atoms with Crippen LogP contribution in [-0.4, -0.2) is 37.0 Å². The van der Waals surface area contributed by atoms with Crippen molar-refractivity contribution in [2.24, 2.45) is 11.7 Å². The molecule has 5 heteroatoms. The number of hydrogen-bond donors (Lipinski definition) is 1. The maximum Gasteiger partial charge on any atom is 0.220 e. The summed E-state index contributed by atoms with van der Waals surface area (Å²) in [6.45, 7) is 3.60. The van der Waals surface area contributed by atoms with Crippen molar-refractivity contribution in [1.82, 2.24) is 4.90 Å². The molecule has 0 atom stereocenters. The van der Waals surface area contributed by atoms with Crippen LogP contribution in [0.3, 0.4) is 0 Å². The first-order valence-corrected chi connectivity index (χ1v) is 7.43. The summed E-state index contributed by atoms with van der Waals surface area (Å²) in [6, 6.07) is 7.40. The van der Waals surface area contributed by atoms with E-state index in [0.29, 0.717) is 6.61 Å². The van der Waals surface area contributed by atoms with E-state index in [4.69, 9.17) is 22.1 Å². The van der Waals surface area contributed by atoms with E-state index < -0.39 is 0 Å². The van der Waals surface area contributed by atoms with Crippen molar-refractivity contribution in [2.45, 2.75) is 19.3 Å². The van der Waals surface area contributed by atoms with Crippen LogP contribution in [0.4, 0.5) is 0 Å². The molecule has 1 heterocycles. The van der Waals surface area contributed by atoms with Crippen LogP contribution < -0.4 is 10.5 Å². The predicted molar refractivity (Wildman–Crippen MR) is 79.9 cm³/mol. The number of amides is 1. The molecule has 0 saturated carbocycles. The number of carbonyl (C=O) groups is 1. The number of nitrogens with two attached hydrogens (primary N) is 1. The molecule has 1 aromatic carbocycles. The number of ether oxygens (including phenoxy) is 1. The number of primary amides is 1. The maximum atomic E-state index is 11.1. The van der Waals surface area contributed by atoms with Crippen molar-refractivity contribution in [3.05, 3.63) is 29.3 Å². The van der Waals surface area contributed by atoms with Crippen LogP contribution in [0, 0.1) is 5.92 Å². The average Bonchev–Trinajstić information content (AvgIpc) is 2.46. The normalized spacial score (nSPS) is 17.1. The van der Waals surface area contributed by atoms with Crippen molar-refractivity contribution in [1.29, 1.82) is 0 Å². The second kappa shape index (κ2) is 7.50. The Morgan fingerprint density at radius 2 is 1.95 bits per heavy atom. The zero-order valence-corrected chi connectivity index (χ0v) is 12.3. The number of halogens is 1. The molecule has 0 bridgehead atoms. The van der Waals surface area contributed by atoms with Gasteiger partial charge in [0.2, 0.25) is 5.91 Å². The molecule has 2 rings (SSSR count).